The highest BCUT2D eigenvalue weighted by atomic mass is 32.1. The molecule has 1 aromatic heterocycles. The fraction of sp³-hybridized carbons (Fsp3) is 0.667. The lowest BCUT2D eigenvalue weighted by Crippen LogP contribution is -2.48. The van der Waals surface area contributed by atoms with Crippen molar-refractivity contribution in [3.05, 3.63) is 11.1 Å². The molecule has 2 aliphatic carbocycles. The smallest absolute Gasteiger partial charge is 0.228 e. The Morgan fingerprint density at radius 3 is 2.94 bits per heavy atom. The molecule has 0 aliphatic heterocycles. The Kier molecular flexibility index (Phi) is 2.67. The second-order valence-electron chi connectivity index (χ2n) is 5.29. The number of carbonyl (C=O) groups is 1. The zero-order valence-electron chi connectivity index (χ0n) is 9.74. The van der Waals surface area contributed by atoms with Gasteiger partial charge in [-0.2, -0.15) is 0 Å². The van der Waals surface area contributed by atoms with Gasteiger partial charge in [-0.1, -0.05) is 0 Å². The number of thiazole rings is 1. The van der Waals surface area contributed by atoms with Crippen LogP contribution in [0.3, 0.4) is 0 Å². The van der Waals surface area contributed by atoms with Crippen molar-refractivity contribution in [3.63, 3.8) is 0 Å². The molecule has 0 bridgehead atoms. The number of aromatic nitrogens is 1. The largest absolute Gasteiger partial charge is 0.325 e. The van der Waals surface area contributed by atoms with E-state index in [-0.39, 0.29) is 11.4 Å². The molecule has 2 saturated carbocycles. The van der Waals surface area contributed by atoms with Crippen LogP contribution >= 0.6 is 11.3 Å². The van der Waals surface area contributed by atoms with Gasteiger partial charge in [0.15, 0.2) is 5.13 Å². The van der Waals surface area contributed by atoms with E-state index in [1.165, 1.54) is 24.2 Å². The second-order valence-corrected chi connectivity index (χ2v) is 6.15. The number of hydrogen-bond donors (Lipinski definition) is 2. The van der Waals surface area contributed by atoms with E-state index in [4.69, 9.17) is 5.73 Å². The second kappa shape index (κ2) is 4.07. The highest BCUT2D eigenvalue weighted by molar-refractivity contribution is 7.13. The third-order valence-corrected chi connectivity index (χ3v) is 4.40. The van der Waals surface area contributed by atoms with Crippen LogP contribution in [0, 0.1) is 0 Å². The van der Waals surface area contributed by atoms with Crippen LogP contribution in [0.2, 0.25) is 0 Å². The maximum Gasteiger partial charge on any atom is 0.228 e. The van der Waals surface area contributed by atoms with E-state index in [2.05, 4.69) is 15.7 Å². The molecule has 2 fully saturated rings. The van der Waals surface area contributed by atoms with Crippen LogP contribution in [0.1, 0.15) is 50.1 Å². The van der Waals surface area contributed by atoms with Crippen LogP contribution < -0.4 is 11.1 Å². The molecular formula is C12H17N3OS. The number of anilines is 1. The maximum absolute atomic E-state index is 11.8. The standard InChI is InChI=1S/C12H17N3OS/c13-12(4-1-5-12)6-10(16)15-11-14-9(7-17-11)8-2-3-8/h7-8H,1-6,13H2,(H,14,15,16). The van der Waals surface area contributed by atoms with E-state index in [0.717, 1.165) is 30.1 Å². The van der Waals surface area contributed by atoms with E-state index >= 15 is 0 Å². The molecule has 0 atom stereocenters. The van der Waals surface area contributed by atoms with Gasteiger partial charge >= 0.3 is 0 Å². The highest BCUT2D eigenvalue weighted by Crippen LogP contribution is 2.41. The first-order valence-electron chi connectivity index (χ1n) is 6.19. The Morgan fingerprint density at radius 1 is 1.59 bits per heavy atom. The Bertz CT molecular complexity index is 435. The van der Waals surface area contributed by atoms with E-state index in [1.807, 2.05) is 0 Å². The van der Waals surface area contributed by atoms with Gasteiger partial charge < -0.3 is 11.1 Å². The predicted molar refractivity (Wildman–Crippen MR) is 68.1 cm³/mol. The average Bonchev–Trinajstić information content (AvgIpc) is 2.98. The molecule has 0 unspecified atom stereocenters. The first kappa shape index (κ1) is 11.2. The maximum atomic E-state index is 11.8. The van der Waals surface area contributed by atoms with Crippen molar-refractivity contribution in [2.75, 3.05) is 5.32 Å². The minimum absolute atomic E-state index is 0.00361. The number of nitrogens with one attached hydrogen (secondary N) is 1. The normalized spacial score (nSPS) is 21.9. The molecule has 92 valence electrons. The quantitative estimate of drug-likeness (QED) is 0.862. The van der Waals surface area contributed by atoms with Gasteiger partial charge in [-0.05, 0) is 32.1 Å². The molecule has 1 amide bonds. The number of amides is 1. The first-order chi connectivity index (χ1) is 8.15. The summed E-state index contributed by atoms with van der Waals surface area (Å²) in [7, 11) is 0. The molecule has 5 heteroatoms. The first-order valence-corrected chi connectivity index (χ1v) is 7.07. The van der Waals surface area contributed by atoms with Crippen molar-refractivity contribution >= 4 is 22.4 Å². The summed E-state index contributed by atoms with van der Waals surface area (Å²) in [5, 5.41) is 5.63. The van der Waals surface area contributed by atoms with E-state index < -0.39 is 0 Å². The molecule has 3 N–H and O–H groups in total. The van der Waals surface area contributed by atoms with Crippen molar-refractivity contribution in [1.82, 2.24) is 4.98 Å². The summed E-state index contributed by atoms with van der Waals surface area (Å²) in [6.45, 7) is 0. The number of nitrogens with zero attached hydrogens (tertiary/aromatic N) is 1. The SMILES string of the molecule is NC1(CC(=O)Nc2nc(C3CC3)cs2)CCC1. The summed E-state index contributed by atoms with van der Waals surface area (Å²) in [5.41, 5.74) is 6.93. The topological polar surface area (TPSA) is 68.0 Å². The van der Waals surface area contributed by atoms with E-state index in [9.17, 15) is 4.79 Å². The summed E-state index contributed by atoms with van der Waals surface area (Å²) in [6.07, 6.45) is 5.97. The Hall–Kier alpha value is -0.940. The van der Waals surface area contributed by atoms with Gasteiger partial charge in [-0.3, -0.25) is 4.79 Å². The van der Waals surface area contributed by atoms with Crippen LogP contribution in [-0.4, -0.2) is 16.4 Å². The van der Waals surface area contributed by atoms with Gasteiger partial charge in [0.2, 0.25) is 5.91 Å². The van der Waals surface area contributed by atoms with Gasteiger partial charge in [0.1, 0.15) is 0 Å². The molecule has 17 heavy (non-hydrogen) atoms. The molecule has 2 aliphatic rings. The summed E-state index contributed by atoms with van der Waals surface area (Å²) < 4.78 is 0. The lowest BCUT2D eigenvalue weighted by atomic mass is 9.75. The van der Waals surface area contributed by atoms with Gasteiger partial charge in [0.25, 0.3) is 0 Å². The van der Waals surface area contributed by atoms with Gasteiger partial charge in [-0.25, -0.2) is 4.98 Å². The minimum atomic E-state index is -0.249. The summed E-state index contributed by atoms with van der Waals surface area (Å²) in [6, 6.07) is 0. The minimum Gasteiger partial charge on any atom is -0.325 e. The van der Waals surface area contributed by atoms with Crippen molar-refractivity contribution in [1.29, 1.82) is 0 Å². The van der Waals surface area contributed by atoms with Gasteiger partial charge in [-0.15, -0.1) is 11.3 Å². The van der Waals surface area contributed by atoms with Crippen molar-refractivity contribution < 1.29 is 4.79 Å². The lowest BCUT2D eigenvalue weighted by Gasteiger charge is -2.37. The number of rotatable bonds is 4. The monoisotopic (exact) mass is 251 g/mol. The van der Waals surface area contributed by atoms with Gasteiger partial charge in [0, 0.05) is 23.3 Å². The third kappa shape index (κ3) is 2.50. The van der Waals surface area contributed by atoms with E-state index in [1.54, 1.807) is 0 Å². The average molecular weight is 251 g/mol. The van der Waals surface area contributed by atoms with Crippen LogP contribution in [0.15, 0.2) is 5.38 Å². The van der Waals surface area contributed by atoms with Crippen molar-refractivity contribution in [2.24, 2.45) is 5.73 Å². The molecule has 1 aromatic rings. The molecule has 0 saturated heterocycles. The zero-order chi connectivity index (χ0) is 11.9. The van der Waals surface area contributed by atoms with Crippen LogP contribution in [0.25, 0.3) is 0 Å². The summed E-state index contributed by atoms with van der Waals surface area (Å²) in [5.74, 6) is 0.647. The third-order valence-electron chi connectivity index (χ3n) is 3.63. The van der Waals surface area contributed by atoms with Crippen LogP contribution in [0.5, 0.6) is 0 Å². The Balaban J connectivity index is 1.55. The highest BCUT2D eigenvalue weighted by Gasteiger charge is 2.35. The van der Waals surface area contributed by atoms with Crippen molar-refractivity contribution in [3.8, 4) is 0 Å². The molecule has 1 heterocycles. The fourth-order valence-corrected chi connectivity index (χ4v) is 3.01. The molecule has 0 aromatic carbocycles. The van der Waals surface area contributed by atoms with Crippen LogP contribution in [-0.2, 0) is 4.79 Å². The Morgan fingerprint density at radius 2 is 2.35 bits per heavy atom. The molecule has 3 rings (SSSR count). The molecule has 0 spiro atoms. The van der Waals surface area contributed by atoms with Crippen LogP contribution in [0.4, 0.5) is 5.13 Å². The molecule has 4 nitrogen and oxygen atoms in total. The molecular weight excluding hydrogens is 234 g/mol. The Labute approximate surface area is 105 Å². The van der Waals surface area contributed by atoms with E-state index in [0.29, 0.717) is 12.3 Å². The summed E-state index contributed by atoms with van der Waals surface area (Å²) in [4.78, 5) is 16.2. The number of hydrogen-bond acceptors (Lipinski definition) is 4. The summed E-state index contributed by atoms with van der Waals surface area (Å²) >= 11 is 1.51. The van der Waals surface area contributed by atoms with Gasteiger partial charge in [0.05, 0.1) is 5.69 Å². The van der Waals surface area contributed by atoms with Crippen molar-refractivity contribution in [2.45, 2.75) is 50.0 Å². The zero-order valence-corrected chi connectivity index (χ0v) is 10.6. The molecule has 0 radical (unpaired) electrons. The lowest BCUT2D eigenvalue weighted by molar-refractivity contribution is -0.118. The predicted octanol–water partition coefficient (Wildman–Crippen LogP) is 2.23. The fourth-order valence-electron chi connectivity index (χ4n) is 2.20. The number of carbonyl (C=O) groups excluding carboxylic acids is 1. The number of nitrogens with two attached hydrogens (primary N) is 1.